The van der Waals surface area contributed by atoms with Crippen molar-refractivity contribution in [2.45, 2.75) is 6.92 Å². The summed E-state index contributed by atoms with van der Waals surface area (Å²) in [6, 6.07) is 8.13. The Hall–Kier alpha value is -1.66. The van der Waals surface area contributed by atoms with Gasteiger partial charge >= 0.3 is 0 Å². The van der Waals surface area contributed by atoms with Crippen LogP contribution in [0.3, 0.4) is 0 Å². The standard InChI is InChI=1S/C10H8NO/c1-8(2)9-3-5-10(6-4-9)11-7-12/h3,5-6H,1H2,2H3. The molecule has 0 bridgehead atoms. The number of aliphatic imine (C=N–C) groups is 1. The van der Waals surface area contributed by atoms with Crippen molar-refractivity contribution < 1.29 is 4.79 Å². The lowest BCUT2D eigenvalue weighted by molar-refractivity contribution is 0.565. The van der Waals surface area contributed by atoms with Crippen LogP contribution in [0.2, 0.25) is 0 Å². The van der Waals surface area contributed by atoms with Crippen molar-refractivity contribution in [3.8, 4) is 0 Å². The molecular formula is C10H8NO. The molecule has 0 unspecified atom stereocenters. The summed E-state index contributed by atoms with van der Waals surface area (Å²) in [5.74, 6) is 0. The lowest BCUT2D eigenvalue weighted by Crippen LogP contribution is -1.75. The Balaban J connectivity index is 3.00. The van der Waals surface area contributed by atoms with Crippen LogP contribution in [0.1, 0.15) is 12.5 Å². The highest BCUT2D eigenvalue weighted by atomic mass is 16.1. The third-order valence-corrected chi connectivity index (χ3v) is 1.43. The fourth-order valence-corrected chi connectivity index (χ4v) is 0.804. The van der Waals surface area contributed by atoms with E-state index in [0.717, 1.165) is 11.1 Å². The molecule has 0 fully saturated rings. The second-order valence-corrected chi connectivity index (χ2v) is 2.44. The molecule has 59 valence electrons. The summed E-state index contributed by atoms with van der Waals surface area (Å²) in [4.78, 5) is 13.3. The third kappa shape index (κ3) is 1.91. The van der Waals surface area contributed by atoms with Crippen molar-refractivity contribution in [3.63, 3.8) is 0 Å². The van der Waals surface area contributed by atoms with E-state index in [9.17, 15) is 4.79 Å². The highest BCUT2D eigenvalue weighted by molar-refractivity contribution is 5.63. The Kier molecular flexibility index (Phi) is 2.57. The van der Waals surface area contributed by atoms with Crippen molar-refractivity contribution in [2.24, 2.45) is 4.99 Å². The van der Waals surface area contributed by atoms with Crippen LogP contribution in [0, 0.1) is 6.07 Å². The SMILES string of the molecule is C=C(C)c1[c]cc(N=C=O)cc1. The largest absolute Gasteiger partial charge is 0.240 e. The fourth-order valence-electron chi connectivity index (χ4n) is 0.804. The molecule has 0 heterocycles. The van der Waals surface area contributed by atoms with Crippen LogP contribution in [-0.2, 0) is 4.79 Å². The molecule has 1 aromatic rings. The Morgan fingerprint density at radius 3 is 2.83 bits per heavy atom. The van der Waals surface area contributed by atoms with E-state index in [1.54, 1.807) is 12.1 Å². The molecule has 1 radical (unpaired) electrons. The first-order valence-electron chi connectivity index (χ1n) is 3.49. The smallest absolute Gasteiger partial charge is 0.211 e. The van der Waals surface area contributed by atoms with Crippen LogP contribution in [0.4, 0.5) is 5.69 Å². The van der Waals surface area contributed by atoms with Gasteiger partial charge in [-0.05, 0) is 30.7 Å². The van der Waals surface area contributed by atoms with Gasteiger partial charge in [0.1, 0.15) is 0 Å². The van der Waals surface area contributed by atoms with Gasteiger partial charge in [-0.2, -0.15) is 4.99 Å². The molecule has 0 aromatic heterocycles. The maximum atomic E-state index is 9.87. The zero-order valence-electron chi connectivity index (χ0n) is 6.79. The highest BCUT2D eigenvalue weighted by Gasteiger charge is 1.92. The van der Waals surface area contributed by atoms with Crippen molar-refractivity contribution in [2.75, 3.05) is 0 Å². The number of hydrogen-bond acceptors (Lipinski definition) is 2. The lowest BCUT2D eigenvalue weighted by Gasteiger charge is -1.96. The number of isocyanates is 1. The summed E-state index contributed by atoms with van der Waals surface area (Å²) in [5.41, 5.74) is 2.44. The second-order valence-electron chi connectivity index (χ2n) is 2.44. The van der Waals surface area contributed by atoms with Gasteiger partial charge in [0.2, 0.25) is 6.08 Å². The maximum Gasteiger partial charge on any atom is 0.240 e. The fraction of sp³-hybridized carbons (Fsp3) is 0.100. The average Bonchev–Trinajstić information content (AvgIpc) is 2.06. The number of nitrogens with zero attached hydrogens (tertiary/aromatic N) is 1. The number of allylic oxidation sites excluding steroid dienone is 1. The highest BCUT2D eigenvalue weighted by Crippen LogP contribution is 2.15. The van der Waals surface area contributed by atoms with Gasteiger partial charge < -0.3 is 0 Å². The Bertz CT molecular complexity index is 310. The summed E-state index contributed by atoms with van der Waals surface area (Å²) in [5, 5.41) is 0. The van der Waals surface area contributed by atoms with Gasteiger partial charge in [0.15, 0.2) is 0 Å². The minimum atomic E-state index is 0.565. The first-order chi connectivity index (χ1) is 5.74. The van der Waals surface area contributed by atoms with E-state index >= 15 is 0 Å². The Morgan fingerprint density at radius 2 is 2.42 bits per heavy atom. The molecule has 0 amide bonds. The summed E-state index contributed by atoms with van der Waals surface area (Å²) >= 11 is 0. The van der Waals surface area contributed by atoms with E-state index < -0.39 is 0 Å². The van der Waals surface area contributed by atoms with E-state index in [1.807, 2.05) is 13.0 Å². The van der Waals surface area contributed by atoms with Crippen molar-refractivity contribution in [1.82, 2.24) is 0 Å². The van der Waals surface area contributed by atoms with E-state index in [4.69, 9.17) is 0 Å². The van der Waals surface area contributed by atoms with Crippen molar-refractivity contribution >= 4 is 17.3 Å². The van der Waals surface area contributed by atoms with Crippen LogP contribution in [0.15, 0.2) is 29.8 Å². The molecule has 2 heteroatoms. The lowest BCUT2D eigenvalue weighted by atomic mass is 10.1. The summed E-state index contributed by atoms with van der Waals surface area (Å²) in [6.07, 6.45) is 1.47. The predicted molar refractivity (Wildman–Crippen MR) is 47.8 cm³/mol. The molecule has 0 aliphatic carbocycles. The normalized spacial score (nSPS) is 8.75. The molecule has 0 saturated heterocycles. The monoisotopic (exact) mass is 158 g/mol. The molecule has 0 N–H and O–H groups in total. The van der Waals surface area contributed by atoms with Gasteiger partial charge in [0.25, 0.3) is 0 Å². The molecular weight excluding hydrogens is 150 g/mol. The molecule has 0 aliphatic rings. The molecule has 1 aromatic carbocycles. The second kappa shape index (κ2) is 3.65. The van der Waals surface area contributed by atoms with Gasteiger partial charge in [-0.1, -0.05) is 18.2 Å². The average molecular weight is 158 g/mol. The van der Waals surface area contributed by atoms with Crippen molar-refractivity contribution in [1.29, 1.82) is 0 Å². The van der Waals surface area contributed by atoms with Crippen LogP contribution in [-0.4, -0.2) is 6.08 Å². The number of carbonyl (C=O) groups excluding carboxylic acids is 1. The minimum absolute atomic E-state index is 0.565. The predicted octanol–water partition coefficient (Wildman–Crippen LogP) is 2.49. The van der Waals surface area contributed by atoms with Crippen molar-refractivity contribution in [3.05, 3.63) is 36.4 Å². The Labute approximate surface area is 71.3 Å². The maximum absolute atomic E-state index is 9.87. The summed E-state index contributed by atoms with van der Waals surface area (Å²) in [7, 11) is 0. The summed E-state index contributed by atoms with van der Waals surface area (Å²) in [6.45, 7) is 5.66. The summed E-state index contributed by atoms with van der Waals surface area (Å²) < 4.78 is 0. The van der Waals surface area contributed by atoms with Gasteiger partial charge in [-0.3, -0.25) is 0 Å². The van der Waals surface area contributed by atoms with Crippen LogP contribution in [0.5, 0.6) is 0 Å². The van der Waals surface area contributed by atoms with Gasteiger partial charge in [-0.15, -0.1) is 0 Å². The van der Waals surface area contributed by atoms with Crippen LogP contribution < -0.4 is 0 Å². The first kappa shape index (κ1) is 8.44. The van der Waals surface area contributed by atoms with Gasteiger partial charge in [0, 0.05) is 0 Å². The molecule has 0 saturated carbocycles. The third-order valence-electron chi connectivity index (χ3n) is 1.43. The van der Waals surface area contributed by atoms with Gasteiger partial charge in [-0.25, -0.2) is 4.79 Å². The molecule has 0 spiro atoms. The number of benzene rings is 1. The molecule has 0 atom stereocenters. The Morgan fingerprint density at radius 1 is 1.67 bits per heavy atom. The first-order valence-corrected chi connectivity index (χ1v) is 3.49. The molecule has 2 nitrogen and oxygen atoms in total. The molecule has 12 heavy (non-hydrogen) atoms. The van der Waals surface area contributed by atoms with Gasteiger partial charge in [0.05, 0.1) is 5.69 Å². The quantitative estimate of drug-likeness (QED) is 0.480. The van der Waals surface area contributed by atoms with Crippen LogP contribution >= 0.6 is 0 Å². The number of hydrogen-bond donors (Lipinski definition) is 0. The zero-order chi connectivity index (χ0) is 8.97. The topological polar surface area (TPSA) is 29.4 Å². The van der Waals surface area contributed by atoms with E-state index in [-0.39, 0.29) is 0 Å². The van der Waals surface area contributed by atoms with E-state index in [0.29, 0.717) is 5.69 Å². The number of rotatable bonds is 2. The zero-order valence-corrected chi connectivity index (χ0v) is 6.79. The molecule has 1 rings (SSSR count). The van der Waals surface area contributed by atoms with Crippen LogP contribution in [0.25, 0.3) is 5.57 Å². The molecule has 0 aliphatic heterocycles. The van der Waals surface area contributed by atoms with E-state index in [2.05, 4.69) is 17.6 Å². The van der Waals surface area contributed by atoms with E-state index in [1.165, 1.54) is 6.08 Å². The minimum Gasteiger partial charge on any atom is -0.211 e.